The van der Waals surface area contributed by atoms with Gasteiger partial charge in [-0.3, -0.25) is 0 Å². The van der Waals surface area contributed by atoms with Crippen LogP contribution in [0.3, 0.4) is 0 Å². The summed E-state index contributed by atoms with van der Waals surface area (Å²) < 4.78 is 103. The molecule has 0 bridgehead atoms. The predicted molar refractivity (Wildman–Crippen MR) is 193 cm³/mol. The van der Waals surface area contributed by atoms with Crippen LogP contribution in [0.2, 0.25) is 0 Å². The minimum Gasteiger partial charge on any atom is -0.744 e. The fourth-order valence-electron chi connectivity index (χ4n) is 5.35. The molecular formula is C37H27N3Na2O9S3. The van der Waals surface area contributed by atoms with E-state index < -0.39 is 30.4 Å². The third-order valence-corrected chi connectivity index (χ3v) is 10.2. The Morgan fingerprint density at radius 2 is 0.852 bits per heavy atom. The van der Waals surface area contributed by atoms with E-state index >= 15 is 0 Å². The van der Waals surface area contributed by atoms with Crippen LogP contribution in [0, 0.1) is 0 Å². The van der Waals surface area contributed by atoms with Crippen LogP contribution in [0.4, 0.5) is 28.4 Å². The van der Waals surface area contributed by atoms with Gasteiger partial charge in [0.05, 0.1) is 14.7 Å². The monoisotopic (exact) mass is 799 g/mol. The number of hydrogen-bond acceptors (Lipinski definition) is 11. The molecule has 0 unspecified atom stereocenters. The average molecular weight is 800 g/mol. The van der Waals surface area contributed by atoms with E-state index in [1.54, 1.807) is 54.6 Å². The molecule has 6 rings (SSSR count). The molecule has 5 aromatic rings. The smallest absolute Gasteiger partial charge is 0.744 e. The van der Waals surface area contributed by atoms with Crippen molar-refractivity contribution in [3.63, 3.8) is 0 Å². The molecule has 12 nitrogen and oxygen atoms in total. The Morgan fingerprint density at radius 1 is 0.463 bits per heavy atom. The van der Waals surface area contributed by atoms with E-state index in [0.717, 1.165) is 22.3 Å². The van der Waals surface area contributed by atoms with Crippen LogP contribution in [0.5, 0.6) is 0 Å². The van der Waals surface area contributed by atoms with Gasteiger partial charge in [-0.15, -0.1) is 0 Å². The van der Waals surface area contributed by atoms with Crippen molar-refractivity contribution < 1.29 is 103 Å². The Balaban J connectivity index is 0.00000325. The fraction of sp³-hybridized carbons (Fsp3) is 0. The Morgan fingerprint density at radius 3 is 1.26 bits per heavy atom. The van der Waals surface area contributed by atoms with E-state index in [-0.39, 0.29) is 73.8 Å². The maximum absolute atomic E-state index is 11.5. The van der Waals surface area contributed by atoms with Gasteiger partial charge in [-0.1, -0.05) is 42.5 Å². The summed E-state index contributed by atoms with van der Waals surface area (Å²) in [5.74, 6) is 0. The van der Waals surface area contributed by atoms with Crippen LogP contribution in [0.1, 0.15) is 11.1 Å². The van der Waals surface area contributed by atoms with Crippen LogP contribution in [0.15, 0.2) is 166 Å². The minimum absolute atomic E-state index is 0. The summed E-state index contributed by atoms with van der Waals surface area (Å²) in [4.78, 5) is 2.04. The maximum atomic E-state index is 11.5. The van der Waals surface area contributed by atoms with Crippen molar-refractivity contribution in [2.24, 2.45) is 0 Å². The van der Waals surface area contributed by atoms with Gasteiger partial charge in [-0.05, 0) is 101 Å². The first-order valence-corrected chi connectivity index (χ1v) is 19.5. The molecule has 0 amide bonds. The SMILES string of the molecule is O=S(=O)([O-])c1cccc(Nc2ccc(C(=C3C=CC(=[NH+]c4cccc(S(=O)(=O)[O-])c4)C=C3)c3ccc(Nc4cccc(S(=O)(=O)[O-])c4)cc3)cc2)c1.[Na+].[Na+]. The molecule has 17 heteroatoms. The molecule has 0 fully saturated rings. The molecule has 0 atom stereocenters. The molecule has 1 aliphatic carbocycles. The van der Waals surface area contributed by atoms with E-state index in [9.17, 15) is 38.9 Å². The third kappa shape index (κ3) is 11.2. The van der Waals surface area contributed by atoms with Crippen LogP contribution >= 0.6 is 0 Å². The summed E-state index contributed by atoms with van der Waals surface area (Å²) in [5.41, 5.74) is 6.39. The van der Waals surface area contributed by atoms with Crippen molar-refractivity contribution in [1.82, 2.24) is 0 Å². The van der Waals surface area contributed by atoms with Crippen molar-refractivity contribution in [3.05, 3.63) is 162 Å². The quantitative estimate of drug-likeness (QED) is 0.111. The number of rotatable bonds is 10. The fourth-order valence-corrected chi connectivity index (χ4v) is 6.90. The van der Waals surface area contributed by atoms with Crippen LogP contribution in [-0.4, -0.2) is 44.6 Å². The third-order valence-electron chi connectivity index (χ3n) is 7.75. The topological polar surface area (TPSA) is 210 Å². The normalized spacial score (nSPS) is 12.6. The van der Waals surface area contributed by atoms with Crippen LogP contribution < -0.4 is 74.7 Å². The molecule has 5 aromatic carbocycles. The van der Waals surface area contributed by atoms with Crippen molar-refractivity contribution in [2.75, 3.05) is 10.6 Å². The van der Waals surface area contributed by atoms with E-state index in [1.165, 1.54) is 54.6 Å². The van der Waals surface area contributed by atoms with Gasteiger partial charge in [-0.25, -0.2) is 30.2 Å². The summed E-state index contributed by atoms with van der Waals surface area (Å²) in [5, 5.41) is 6.21. The summed E-state index contributed by atoms with van der Waals surface area (Å²) >= 11 is 0. The van der Waals surface area contributed by atoms with Crippen molar-refractivity contribution in [2.45, 2.75) is 14.7 Å². The first-order chi connectivity index (χ1) is 24.6. The summed E-state index contributed by atoms with van der Waals surface area (Å²) in [7, 11) is -13.9. The van der Waals surface area contributed by atoms with Gasteiger partial charge in [0.1, 0.15) is 30.4 Å². The summed E-state index contributed by atoms with van der Waals surface area (Å²) in [6.45, 7) is 0. The Labute approximate surface area is 357 Å². The van der Waals surface area contributed by atoms with E-state index in [1.807, 2.05) is 36.4 Å². The molecule has 3 N–H and O–H groups in total. The Hall–Kier alpha value is -3.68. The predicted octanol–water partition coefficient (Wildman–Crippen LogP) is -1.32. The van der Waals surface area contributed by atoms with Crippen LogP contribution in [-0.2, 0) is 30.4 Å². The second-order valence-corrected chi connectivity index (χ2v) is 15.6. The van der Waals surface area contributed by atoms with E-state index in [0.29, 0.717) is 34.1 Å². The second kappa shape index (κ2) is 17.8. The standard InChI is InChI=1S/C37H29N3O9S3.2Na/c41-50(42,43)34-7-1-4-31(22-34)38-28-16-10-25(11-17-28)37(26-12-18-29(19-13-26)39-32-5-2-8-35(23-32)51(44,45)46)27-14-20-30(21-15-27)40-33-6-3-9-36(24-33)52(47,48)49;;/h1-24,38-39H,(H,41,42,43)(H,44,45,46)(H,47,48,49);;/q;2*+1/p-2. The Kier molecular flexibility index (Phi) is 14.2. The second-order valence-electron chi connectivity index (χ2n) is 11.4. The number of allylic oxidation sites excluding steroid dienone is 5. The molecular weight excluding hydrogens is 773 g/mol. The van der Waals surface area contributed by atoms with Crippen LogP contribution in [0.25, 0.3) is 5.57 Å². The van der Waals surface area contributed by atoms with Crippen molar-refractivity contribution in [3.8, 4) is 0 Å². The maximum Gasteiger partial charge on any atom is 1.00 e. The molecule has 0 saturated carbocycles. The van der Waals surface area contributed by atoms with Crippen molar-refractivity contribution in [1.29, 1.82) is 0 Å². The average Bonchev–Trinajstić information content (AvgIpc) is 3.10. The van der Waals surface area contributed by atoms with Gasteiger partial charge in [0, 0.05) is 47.0 Å². The summed E-state index contributed by atoms with van der Waals surface area (Å²) in [6, 6.07) is 31.4. The van der Waals surface area contributed by atoms with Gasteiger partial charge >= 0.3 is 59.1 Å². The molecule has 0 saturated heterocycles. The molecule has 264 valence electrons. The minimum atomic E-state index is -4.63. The molecule has 0 heterocycles. The Bertz CT molecular complexity index is 2500. The largest absolute Gasteiger partial charge is 1.00 e. The van der Waals surface area contributed by atoms with Gasteiger partial charge in [-0.2, -0.15) is 0 Å². The molecule has 1 aliphatic rings. The van der Waals surface area contributed by atoms with Gasteiger partial charge < -0.3 is 24.3 Å². The summed E-state index contributed by atoms with van der Waals surface area (Å²) in [6.07, 6.45) is 7.34. The number of benzene rings is 5. The van der Waals surface area contributed by atoms with Gasteiger partial charge in [0.2, 0.25) is 11.4 Å². The number of hydrogen-bond donors (Lipinski definition) is 3. The van der Waals surface area contributed by atoms with Gasteiger partial charge in [0.15, 0.2) is 0 Å². The zero-order valence-corrected chi connectivity index (χ0v) is 35.2. The first-order valence-electron chi connectivity index (χ1n) is 15.3. The molecule has 0 spiro atoms. The van der Waals surface area contributed by atoms with E-state index in [2.05, 4.69) is 15.6 Å². The molecule has 0 radical (unpaired) electrons. The van der Waals surface area contributed by atoms with Crippen molar-refractivity contribution >= 4 is 70.1 Å². The number of nitrogens with one attached hydrogen (secondary N) is 3. The first kappa shape index (κ1) is 43.1. The number of anilines is 4. The molecule has 0 aliphatic heterocycles. The molecule has 54 heavy (non-hydrogen) atoms. The molecule has 0 aromatic heterocycles. The zero-order valence-electron chi connectivity index (χ0n) is 28.8. The van der Waals surface area contributed by atoms with E-state index in [4.69, 9.17) is 0 Å². The zero-order chi connectivity index (χ0) is 37.1. The van der Waals surface area contributed by atoms with Gasteiger partial charge in [0.25, 0.3) is 0 Å².